The number of nitrogens with zero attached hydrogens (tertiary/aromatic N) is 3. The molecule has 5 rings (SSSR count). The second-order valence-corrected chi connectivity index (χ2v) is 8.42. The highest BCUT2D eigenvalue weighted by atomic mass is 19.1. The second kappa shape index (κ2) is 9.30. The van der Waals surface area contributed by atoms with E-state index in [2.05, 4.69) is 0 Å². The van der Waals surface area contributed by atoms with Crippen LogP contribution in [0, 0.1) is 5.82 Å². The lowest BCUT2D eigenvalue weighted by atomic mass is 10.1. The van der Waals surface area contributed by atoms with E-state index in [0.29, 0.717) is 28.8 Å². The van der Waals surface area contributed by atoms with Gasteiger partial charge in [-0.05, 0) is 48.4 Å². The number of para-hydroxylation sites is 1. The van der Waals surface area contributed by atoms with E-state index < -0.39 is 16.8 Å². The molecular weight excluding hydrogens is 461 g/mol. The molecule has 0 saturated heterocycles. The van der Waals surface area contributed by atoms with Gasteiger partial charge in [0.1, 0.15) is 17.0 Å². The number of rotatable bonds is 6. The Balaban J connectivity index is 1.75. The molecule has 2 aromatic heterocycles. The van der Waals surface area contributed by atoms with Gasteiger partial charge >= 0.3 is 0 Å². The zero-order valence-electron chi connectivity index (χ0n) is 20.1. The van der Waals surface area contributed by atoms with Gasteiger partial charge in [-0.3, -0.25) is 14.2 Å². The first-order chi connectivity index (χ1) is 17.4. The number of hydrogen-bond donors (Lipinski definition) is 0. The molecule has 5 aromatic rings. The maximum absolute atomic E-state index is 14.9. The van der Waals surface area contributed by atoms with E-state index in [0.717, 1.165) is 5.56 Å². The normalized spacial score (nSPS) is 11.2. The molecule has 0 aliphatic heterocycles. The van der Waals surface area contributed by atoms with E-state index in [1.54, 1.807) is 68.3 Å². The van der Waals surface area contributed by atoms with E-state index in [9.17, 15) is 14.0 Å². The van der Waals surface area contributed by atoms with E-state index in [4.69, 9.17) is 14.5 Å². The molecule has 8 heteroatoms. The summed E-state index contributed by atoms with van der Waals surface area (Å²) in [5.41, 5.74) is 1.02. The first kappa shape index (κ1) is 23.3. The lowest BCUT2D eigenvalue weighted by molar-refractivity contribution is 0.354. The Bertz CT molecular complexity index is 1740. The predicted molar refractivity (Wildman–Crippen MR) is 137 cm³/mol. The first-order valence-corrected chi connectivity index (χ1v) is 11.4. The lowest BCUT2D eigenvalue weighted by Crippen LogP contribution is -2.30. The smallest absolute Gasteiger partial charge is 0.267 e. The van der Waals surface area contributed by atoms with Gasteiger partial charge in [0.15, 0.2) is 17.1 Å². The average Bonchev–Trinajstić information content (AvgIpc) is 2.90. The van der Waals surface area contributed by atoms with Gasteiger partial charge in [0.2, 0.25) is 5.43 Å². The number of hydrogen-bond acceptors (Lipinski definition) is 5. The Hall–Kier alpha value is -4.46. The summed E-state index contributed by atoms with van der Waals surface area (Å²) in [6.45, 7) is 0.177. The Morgan fingerprint density at radius 2 is 1.64 bits per heavy atom. The van der Waals surface area contributed by atoms with Crippen LogP contribution in [-0.4, -0.2) is 28.3 Å². The quantitative estimate of drug-likeness (QED) is 0.335. The third kappa shape index (κ3) is 3.80. The van der Waals surface area contributed by atoms with E-state index in [-0.39, 0.29) is 29.0 Å². The molecule has 3 aromatic carbocycles. The molecule has 0 aliphatic carbocycles. The van der Waals surface area contributed by atoms with Crippen LogP contribution < -0.4 is 20.5 Å². The van der Waals surface area contributed by atoms with Gasteiger partial charge in [-0.1, -0.05) is 30.3 Å². The van der Waals surface area contributed by atoms with E-state index >= 15 is 0 Å². The maximum Gasteiger partial charge on any atom is 0.267 e. The molecule has 2 heterocycles. The minimum absolute atomic E-state index is 0.0244. The number of aryl methyl sites for hydroxylation is 2. The molecule has 0 radical (unpaired) electrons. The van der Waals surface area contributed by atoms with Crippen LogP contribution in [-0.2, 0) is 20.0 Å². The summed E-state index contributed by atoms with van der Waals surface area (Å²) in [5.74, 6) is 0.813. The number of pyridine rings is 1. The number of aromatic nitrogens is 3. The summed E-state index contributed by atoms with van der Waals surface area (Å²) in [6.07, 6.45) is 0.419. The number of methoxy groups -OCH3 is 2. The van der Waals surface area contributed by atoms with Crippen LogP contribution in [0.2, 0.25) is 0 Å². The third-order valence-corrected chi connectivity index (χ3v) is 6.39. The first-order valence-electron chi connectivity index (χ1n) is 11.4. The molecule has 0 N–H and O–H groups in total. The van der Waals surface area contributed by atoms with Crippen LogP contribution in [0.3, 0.4) is 0 Å². The fraction of sp³-hybridized carbons (Fsp3) is 0.179. The Kier molecular flexibility index (Phi) is 6.01. The van der Waals surface area contributed by atoms with Gasteiger partial charge in [0, 0.05) is 19.0 Å². The molecule has 0 amide bonds. The van der Waals surface area contributed by atoms with Crippen LogP contribution in [0.5, 0.6) is 11.5 Å². The third-order valence-electron chi connectivity index (χ3n) is 6.39. The monoisotopic (exact) mass is 485 g/mol. The fourth-order valence-electron chi connectivity index (χ4n) is 4.52. The van der Waals surface area contributed by atoms with Crippen molar-refractivity contribution in [1.82, 2.24) is 14.1 Å². The van der Waals surface area contributed by atoms with Gasteiger partial charge in [0.25, 0.3) is 5.56 Å². The van der Waals surface area contributed by atoms with E-state index in [1.807, 2.05) is 18.2 Å². The second-order valence-electron chi connectivity index (χ2n) is 8.42. The minimum atomic E-state index is -0.509. The molecule has 182 valence electrons. The Morgan fingerprint density at radius 3 is 2.39 bits per heavy atom. The summed E-state index contributed by atoms with van der Waals surface area (Å²) in [5, 5.41) is 0.403. The number of fused-ring (bicyclic) bond motifs is 2. The van der Waals surface area contributed by atoms with Crippen LogP contribution >= 0.6 is 0 Å². The predicted octanol–water partition coefficient (Wildman–Crippen LogP) is 4.31. The minimum Gasteiger partial charge on any atom is -0.493 e. The van der Waals surface area contributed by atoms with Crippen molar-refractivity contribution in [3.8, 4) is 22.9 Å². The van der Waals surface area contributed by atoms with Crippen LogP contribution in [0.15, 0.2) is 76.3 Å². The molecular formula is C28H24FN3O4. The molecule has 7 nitrogen and oxygen atoms in total. The molecule has 0 fully saturated rings. The van der Waals surface area contributed by atoms with Gasteiger partial charge in [0.05, 0.1) is 25.3 Å². The molecule has 0 aliphatic rings. The van der Waals surface area contributed by atoms with Crippen LogP contribution in [0.25, 0.3) is 33.3 Å². The summed E-state index contributed by atoms with van der Waals surface area (Å²) >= 11 is 0. The van der Waals surface area contributed by atoms with Gasteiger partial charge in [-0.25, -0.2) is 9.37 Å². The van der Waals surface area contributed by atoms with Crippen molar-refractivity contribution in [2.45, 2.75) is 13.0 Å². The molecule has 0 bridgehead atoms. The summed E-state index contributed by atoms with van der Waals surface area (Å²) in [6, 6.07) is 18.7. The standard InChI is InChI=1S/C28H24FN3O4/c1-31-21-11-7-5-9-19(21)25(33)24-27(31)30-26(18-8-4-6-10-20(18)29)32(28(24)34)15-14-17-12-13-22(35-2)23(16-17)36-3/h4-13,16H,14-15H2,1-3H3. The topological polar surface area (TPSA) is 75.4 Å². The Morgan fingerprint density at radius 1 is 0.917 bits per heavy atom. The Labute approximate surface area is 206 Å². The number of halogens is 1. The highest BCUT2D eigenvalue weighted by Crippen LogP contribution is 2.28. The number of benzene rings is 3. The lowest BCUT2D eigenvalue weighted by Gasteiger charge is -2.17. The highest BCUT2D eigenvalue weighted by molar-refractivity contribution is 5.91. The van der Waals surface area contributed by atoms with Crippen molar-refractivity contribution in [2.24, 2.45) is 7.05 Å². The summed E-state index contributed by atoms with van der Waals surface area (Å²) in [4.78, 5) is 31.9. The van der Waals surface area contributed by atoms with Gasteiger partial charge in [-0.15, -0.1) is 0 Å². The van der Waals surface area contributed by atoms with Crippen molar-refractivity contribution in [2.75, 3.05) is 14.2 Å². The van der Waals surface area contributed by atoms with Crippen LogP contribution in [0.1, 0.15) is 5.56 Å². The van der Waals surface area contributed by atoms with Crippen molar-refractivity contribution in [3.05, 3.63) is 98.7 Å². The van der Waals surface area contributed by atoms with Gasteiger partial charge < -0.3 is 14.0 Å². The zero-order chi connectivity index (χ0) is 25.4. The maximum atomic E-state index is 14.9. The molecule has 36 heavy (non-hydrogen) atoms. The average molecular weight is 486 g/mol. The largest absolute Gasteiger partial charge is 0.493 e. The fourth-order valence-corrected chi connectivity index (χ4v) is 4.52. The van der Waals surface area contributed by atoms with Crippen molar-refractivity contribution in [1.29, 1.82) is 0 Å². The molecule has 0 atom stereocenters. The van der Waals surface area contributed by atoms with Crippen molar-refractivity contribution in [3.63, 3.8) is 0 Å². The SMILES string of the molecule is COc1ccc(CCn2c(-c3ccccc3F)nc3c(c(=O)c4ccccc4n3C)c2=O)cc1OC. The molecule has 0 unspecified atom stereocenters. The van der Waals surface area contributed by atoms with Crippen LogP contribution in [0.4, 0.5) is 4.39 Å². The highest BCUT2D eigenvalue weighted by Gasteiger charge is 2.20. The molecule has 0 saturated carbocycles. The van der Waals surface area contributed by atoms with Crippen molar-refractivity contribution >= 4 is 21.9 Å². The molecule has 0 spiro atoms. The number of ether oxygens (including phenoxy) is 2. The van der Waals surface area contributed by atoms with Gasteiger partial charge in [-0.2, -0.15) is 0 Å². The zero-order valence-corrected chi connectivity index (χ0v) is 20.1. The summed E-state index contributed by atoms with van der Waals surface area (Å²) < 4.78 is 28.7. The summed E-state index contributed by atoms with van der Waals surface area (Å²) in [7, 11) is 4.86. The van der Waals surface area contributed by atoms with Crippen molar-refractivity contribution < 1.29 is 13.9 Å². The van der Waals surface area contributed by atoms with E-state index in [1.165, 1.54) is 10.6 Å².